The summed E-state index contributed by atoms with van der Waals surface area (Å²) in [6.07, 6.45) is 6.06. The highest BCUT2D eigenvalue weighted by Crippen LogP contribution is 2.36. The second-order valence-electron chi connectivity index (χ2n) is 7.92. The van der Waals surface area contributed by atoms with Gasteiger partial charge in [0.1, 0.15) is 11.6 Å². The Morgan fingerprint density at radius 1 is 1.12 bits per heavy atom. The molecule has 7 nitrogen and oxygen atoms in total. The molecule has 0 spiro atoms. The molecule has 138 valence electrons. The molecule has 1 N–H and O–H groups in total. The Balaban J connectivity index is 1.25. The maximum atomic E-state index is 12.3. The van der Waals surface area contributed by atoms with Gasteiger partial charge in [-0.15, -0.1) is 10.2 Å². The molecular weight excluding hydrogens is 316 g/mol. The first-order chi connectivity index (χ1) is 12.2. The minimum Gasteiger partial charge on any atom is -0.338 e. The summed E-state index contributed by atoms with van der Waals surface area (Å²) in [5, 5.41) is 11.9. The normalized spacial score (nSPS) is 26.8. The zero-order valence-corrected chi connectivity index (χ0v) is 15.3. The second-order valence-corrected chi connectivity index (χ2v) is 7.92. The summed E-state index contributed by atoms with van der Waals surface area (Å²) in [7, 11) is 0. The molecule has 2 aliphatic heterocycles. The topological polar surface area (TPSA) is 66.3 Å². The Morgan fingerprint density at radius 2 is 1.92 bits per heavy atom. The first-order valence-electron chi connectivity index (χ1n) is 9.87. The summed E-state index contributed by atoms with van der Waals surface area (Å²) in [6.45, 7) is 8.42. The molecular formula is C18H30N6O. The van der Waals surface area contributed by atoms with Gasteiger partial charge in [0.15, 0.2) is 0 Å². The number of aromatic nitrogens is 3. The minimum absolute atomic E-state index is 0.107. The van der Waals surface area contributed by atoms with E-state index in [1.165, 1.54) is 25.7 Å². The summed E-state index contributed by atoms with van der Waals surface area (Å²) >= 11 is 0. The van der Waals surface area contributed by atoms with E-state index in [1.807, 2.05) is 4.90 Å². The van der Waals surface area contributed by atoms with Gasteiger partial charge in [-0.1, -0.05) is 13.3 Å². The van der Waals surface area contributed by atoms with Crippen molar-refractivity contribution in [1.82, 2.24) is 29.9 Å². The van der Waals surface area contributed by atoms with Crippen LogP contribution >= 0.6 is 0 Å². The van der Waals surface area contributed by atoms with Gasteiger partial charge in [-0.3, -0.25) is 4.90 Å². The van der Waals surface area contributed by atoms with Crippen LogP contribution in [0.2, 0.25) is 0 Å². The van der Waals surface area contributed by atoms with Crippen molar-refractivity contribution in [2.75, 3.05) is 32.7 Å². The highest BCUT2D eigenvalue weighted by Gasteiger charge is 2.33. The average Bonchev–Trinajstić information content (AvgIpc) is 3.29. The van der Waals surface area contributed by atoms with E-state index in [-0.39, 0.29) is 6.03 Å². The smallest absolute Gasteiger partial charge is 0.317 e. The first kappa shape index (κ1) is 16.8. The minimum atomic E-state index is 0.107. The van der Waals surface area contributed by atoms with Crippen LogP contribution in [0.3, 0.4) is 0 Å². The maximum absolute atomic E-state index is 12.3. The van der Waals surface area contributed by atoms with Crippen LogP contribution in [0.4, 0.5) is 4.79 Å². The highest BCUT2D eigenvalue weighted by atomic mass is 16.2. The van der Waals surface area contributed by atoms with Crippen LogP contribution < -0.4 is 5.32 Å². The zero-order valence-electron chi connectivity index (χ0n) is 15.3. The van der Waals surface area contributed by atoms with Crippen LogP contribution in [0.5, 0.6) is 0 Å². The summed E-state index contributed by atoms with van der Waals surface area (Å²) in [6, 6.07) is 0.107. The predicted molar refractivity (Wildman–Crippen MR) is 95.1 cm³/mol. The number of amides is 2. The van der Waals surface area contributed by atoms with E-state index in [9.17, 15) is 4.79 Å². The van der Waals surface area contributed by atoms with Gasteiger partial charge >= 0.3 is 6.03 Å². The number of nitrogens with one attached hydrogen (secondary N) is 1. The lowest BCUT2D eigenvalue weighted by Gasteiger charge is -2.34. The largest absolute Gasteiger partial charge is 0.338 e. The quantitative estimate of drug-likeness (QED) is 0.897. The molecule has 1 saturated carbocycles. The van der Waals surface area contributed by atoms with E-state index in [0.717, 1.165) is 69.8 Å². The predicted octanol–water partition coefficient (Wildman–Crippen LogP) is 1.49. The van der Waals surface area contributed by atoms with E-state index in [4.69, 9.17) is 0 Å². The Bertz CT molecular complexity index is 607. The molecule has 2 amide bonds. The standard InChI is InChI=1S/C18H30N6O/c1-14-11-15(14)12-19-18(25)23-9-7-22(8-10-23)13-17-21-20-16-5-3-2-4-6-24(16)17/h14-15H,2-13H2,1H3,(H,19,25)/t14-,15-/m0/s1. The molecule has 2 atom stereocenters. The summed E-state index contributed by atoms with van der Waals surface area (Å²) in [5.74, 6) is 3.74. The third-order valence-corrected chi connectivity index (χ3v) is 6.00. The van der Waals surface area contributed by atoms with E-state index in [2.05, 4.69) is 31.9 Å². The fourth-order valence-corrected chi connectivity index (χ4v) is 3.99. The molecule has 1 aliphatic carbocycles. The molecule has 25 heavy (non-hydrogen) atoms. The molecule has 4 rings (SSSR count). The third-order valence-electron chi connectivity index (χ3n) is 6.00. The van der Waals surface area contributed by atoms with E-state index < -0.39 is 0 Å². The SMILES string of the molecule is C[C@H]1C[C@H]1CNC(=O)N1CCN(Cc2nnc3n2CCCCC3)CC1. The van der Waals surface area contributed by atoms with Crippen molar-refractivity contribution in [2.45, 2.75) is 52.1 Å². The van der Waals surface area contributed by atoms with Crippen LogP contribution in [0.15, 0.2) is 0 Å². The molecule has 1 saturated heterocycles. The molecule has 2 fully saturated rings. The molecule has 7 heteroatoms. The number of carbonyl (C=O) groups excluding carboxylic acids is 1. The average molecular weight is 346 g/mol. The van der Waals surface area contributed by atoms with Gasteiger partial charge in [0, 0.05) is 45.7 Å². The van der Waals surface area contributed by atoms with E-state index in [0.29, 0.717) is 5.92 Å². The molecule has 0 aromatic carbocycles. The molecule has 0 unspecified atom stereocenters. The summed E-state index contributed by atoms with van der Waals surface area (Å²) in [4.78, 5) is 16.6. The third kappa shape index (κ3) is 3.97. The lowest BCUT2D eigenvalue weighted by molar-refractivity contribution is 0.132. The van der Waals surface area contributed by atoms with Crippen molar-refractivity contribution in [3.63, 3.8) is 0 Å². The van der Waals surface area contributed by atoms with Crippen molar-refractivity contribution >= 4 is 6.03 Å². The number of urea groups is 1. The highest BCUT2D eigenvalue weighted by molar-refractivity contribution is 5.74. The Morgan fingerprint density at radius 3 is 2.68 bits per heavy atom. The second kappa shape index (κ2) is 7.32. The lowest BCUT2D eigenvalue weighted by Crippen LogP contribution is -2.51. The number of carbonyl (C=O) groups is 1. The maximum Gasteiger partial charge on any atom is 0.317 e. The van der Waals surface area contributed by atoms with Gasteiger partial charge in [0.2, 0.25) is 0 Å². The number of hydrogen-bond donors (Lipinski definition) is 1. The van der Waals surface area contributed by atoms with Gasteiger partial charge in [-0.05, 0) is 31.1 Å². The molecule has 0 bridgehead atoms. The number of aryl methyl sites for hydroxylation is 1. The Labute approximate surface area is 149 Å². The molecule has 0 radical (unpaired) electrons. The number of piperazine rings is 1. The van der Waals surface area contributed by atoms with Gasteiger partial charge < -0.3 is 14.8 Å². The summed E-state index contributed by atoms with van der Waals surface area (Å²) in [5.41, 5.74) is 0. The number of hydrogen-bond acceptors (Lipinski definition) is 4. The van der Waals surface area contributed by atoms with Crippen molar-refractivity contribution in [1.29, 1.82) is 0 Å². The van der Waals surface area contributed by atoms with Crippen molar-refractivity contribution in [2.24, 2.45) is 11.8 Å². The van der Waals surface area contributed by atoms with Crippen LogP contribution in [-0.4, -0.2) is 63.3 Å². The molecule has 3 aliphatic rings. The fraction of sp³-hybridized carbons (Fsp3) is 0.833. The number of nitrogens with zero attached hydrogens (tertiary/aromatic N) is 5. The first-order valence-corrected chi connectivity index (χ1v) is 9.87. The lowest BCUT2D eigenvalue weighted by atomic mass is 10.2. The zero-order chi connectivity index (χ0) is 17.2. The van der Waals surface area contributed by atoms with E-state index >= 15 is 0 Å². The Kier molecular flexibility index (Phi) is 4.92. The van der Waals surface area contributed by atoms with Crippen molar-refractivity contribution in [3.05, 3.63) is 11.6 Å². The molecule has 3 heterocycles. The molecule has 1 aromatic rings. The van der Waals surface area contributed by atoms with Crippen LogP contribution in [-0.2, 0) is 19.5 Å². The van der Waals surface area contributed by atoms with Gasteiger partial charge in [-0.2, -0.15) is 0 Å². The number of fused-ring (bicyclic) bond motifs is 1. The van der Waals surface area contributed by atoms with Gasteiger partial charge in [0.05, 0.1) is 6.54 Å². The monoisotopic (exact) mass is 346 g/mol. The van der Waals surface area contributed by atoms with Crippen LogP contribution in [0.25, 0.3) is 0 Å². The van der Waals surface area contributed by atoms with Crippen molar-refractivity contribution < 1.29 is 4.79 Å². The van der Waals surface area contributed by atoms with Crippen LogP contribution in [0, 0.1) is 11.8 Å². The summed E-state index contributed by atoms with van der Waals surface area (Å²) < 4.78 is 2.32. The fourth-order valence-electron chi connectivity index (χ4n) is 3.99. The van der Waals surface area contributed by atoms with E-state index in [1.54, 1.807) is 0 Å². The number of rotatable bonds is 4. The van der Waals surface area contributed by atoms with Gasteiger partial charge in [0.25, 0.3) is 0 Å². The molecule has 1 aromatic heterocycles. The van der Waals surface area contributed by atoms with Crippen LogP contribution in [0.1, 0.15) is 44.3 Å². The van der Waals surface area contributed by atoms with Gasteiger partial charge in [-0.25, -0.2) is 4.79 Å². The van der Waals surface area contributed by atoms with Crippen molar-refractivity contribution in [3.8, 4) is 0 Å². The Hall–Kier alpha value is -1.63.